The lowest BCUT2D eigenvalue weighted by Gasteiger charge is -2.08. The van der Waals surface area contributed by atoms with Crippen molar-refractivity contribution in [3.05, 3.63) is 28.5 Å². The molecule has 1 aromatic heterocycles. The molecule has 0 saturated heterocycles. The molecule has 1 heterocycles. The summed E-state index contributed by atoms with van der Waals surface area (Å²) in [5.41, 5.74) is 0.824. The quantitative estimate of drug-likeness (QED) is 0.817. The van der Waals surface area contributed by atoms with Crippen LogP contribution >= 0.6 is 27.5 Å². The highest BCUT2D eigenvalue weighted by Gasteiger charge is 2.14. The fourth-order valence-corrected chi connectivity index (χ4v) is 2.08. The molecule has 1 aromatic carbocycles. The number of methoxy groups -OCH3 is 1. The first-order valence-corrected chi connectivity index (χ1v) is 6.12. The summed E-state index contributed by atoms with van der Waals surface area (Å²) < 4.78 is 7.59. The molecule has 0 N–H and O–H groups in total. The molecule has 0 spiro atoms. The summed E-state index contributed by atoms with van der Waals surface area (Å²) in [4.78, 5) is 0. The average Bonchev–Trinajstić information content (AvgIpc) is 2.77. The third-order valence-corrected chi connectivity index (χ3v) is 3.04. The number of hydrogen-bond acceptors (Lipinski definition) is 4. The summed E-state index contributed by atoms with van der Waals surface area (Å²) in [5.74, 6) is 1.35. The lowest BCUT2D eigenvalue weighted by Crippen LogP contribution is -2.03. The van der Waals surface area contributed by atoms with Crippen molar-refractivity contribution in [3.8, 4) is 11.4 Å². The number of nitrogens with zero attached hydrogens (tertiary/aromatic N) is 4. The zero-order valence-corrected chi connectivity index (χ0v) is 11.6. The van der Waals surface area contributed by atoms with Crippen molar-refractivity contribution in [2.75, 3.05) is 7.11 Å². The van der Waals surface area contributed by atoms with Crippen molar-refractivity contribution in [2.45, 2.75) is 12.3 Å². The molecular weight excluding hydrogens is 307 g/mol. The lowest BCUT2D eigenvalue weighted by molar-refractivity contribution is 0.412. The topological polar surface area (TPSA) is 52.8 Å². The Bertz CT molecular complexity index is 529. The van der Waals surface area contributed by atoms with Gasteiger partial charge in [0.05, 0.1) is 22.6 Å². The van der Waals surface area contributed by atoms with Crippen molar-refractivity contribution >= 4 is 27.5 Å². The second-order valence-electron chi connectivity index (χ2n) is 3.38. The number of alkyl halides is 1. The number of aromatic nitrogens is 4. The van der Waals surface area contributed by atoms with Gasteiger partial charge >= 0.3 is 0 Å². The number of tetrazole rings is 1. The van der Waals surface area contributed by atoms with Gasteiger partial charge in [0.25, 0.3) is 0 Å². The van der Waals surface area contributed by atoms with Crippen LogP contribution in [0.5, 0.6) is 5.75 Å². The van der Waals surface area contributed by atoms with E-state index >= 15 is 0 Å². The van der Waals surface area contributed by atoms with Gasteiger partial charge in [-0.3, -0.25) is 0 Å². The molecule has 17 heavy (non-hydrogen) atoms. The van der Waals surface area contributed by atoms with Gasteiger partial charge < -0.3 is 4.74 Å². The van der Waals surface area contributed by atoms with Crippen molar-refractivity contribution in [2.24, 2.45) is 0 Å². The Balaban J connectivity index is 2.46. The standard InChI is InChI=1S/C10H10BrClN4O/c1-6(12)10-13-14-15-16(10)7-3-4-9(17-2)8(11)5-7/h3-6H,1-2H3. The van der Waals surface area contributed by atoms with E-state index in [9.17, 15) is 0 Å². The second kappa shape index (κ2) is 5.01. The molecule has 0 amide bonds. The van der Waals surface area contributed by atoms with Crippen LogP contribution in [0.1, 0.15) is 18.1 Å². The van der Waals surface area contributed by atoms with Gasteiger partial charge in [0.2, 0.25) is 0 Å². The van der Waals surface area contributed by atoms with E-state index in [1.807, 2.05) is 25.1 Å². The van der Waals surface area contributed by atoms with Gasteiger partial charge in [-0.15, -0.1) is 16.7 Å². The summed E-state index contributed by atoms with van der Waals surface area (Å²) in [6.45, 7) is 1.82. The molecule has 0 saturated carbocycles. The largest absolute Gasteiger partial charge is 0.496 e. The molecule has 0 radical (unpaired) electrons. The van der Waals surface area contributed by atoms with Crippen LogP contribution in [0.25, 0.3) is 5.69 Å². The Labute approximate surface area is 112 Å². The number of halogens is 2. The van der Waals surface area contributed by atoms with Gasteiger partial charge in [0.15, 0.2) is 5.82 Å². The van der Waals surface area contributed by atoms with Crippen LogP contribution in [0, 0.1) is 0 Å². The maximum atomic E-state index is 6.00. The Morgan fingerprint density at radius 3 is 2.82 bits per heavy atom. The first kappa shape index (κ1) is 12.3. The SMILES string of the molecule is COc1ccc(-n2nnnc2C(C)Cl)cc1Br. The monoisotopic (exact) mass is 316 g/mol. The fraction of sp³-hybridized carbons (Fsp3) is 0.300. The van der Waals surface area contributed by atoms with E-state index in [1.54, 1.807) is 11.8 Å². The molecule has 1 atom stereocenters. The maximum Gasteiger partial charge on any atom is 0.174 e. The summed E-state index contributed by atoms with van der Waals surface area (Å²) in [7, 11) is 1.61. The molecule has 0 aliphatic carbocycles. The Hall–Kier alpha value is -1.14. The highest BCUT2D eigenvalue weighted by Crippen LogP contribution is 2.28. The first-order chi connectivity index (χ1) is 8.13. The molecule has 2 rings (SSSR count). The third kappa shape index (κ3) is 2.42. The fourth-order valence-electron chi connectivity index (χ4n) is 1.41. The number of ether oxygens (including phenoxy) is 1. The molecule has 5 nitrogen and oxygen atoms in total. The normalized spacial score (nSPS) is 12.5. The van der Waals surface area contributed by atoms with E-state index in [0.29, 0.717) is 5.82 Å². The van der Waals surface area contributed by atoms with Crippen LogP contribution < -0.4 is 4.74 Å². The predicted molar refractivity (Wildman–Crippen MR) is 67.7 cm³/mol. The Kier molecular flexibility index (Phi) is 3.63. The van der Waals surface area contributed by atoms with Crippen LogP contribution in [0.2, 0.25) is 0 Å². The lowest BCUT2D eigenvalue weighted by atomic mass is 10.3. The second-order valence-corrected chi connectivity index (χ2v) is 4.89. The van der Waals surface area contributed by atoms with Crippen LogP contribution in [-0.4, -0.2) is 27.3 Å². The Morgan fingerprint density at radius 2 is 2.24 bits per heavy atom. The highest BCUT2D eigenvalue weighted by molar-refractivity contribution is 9.10. The highest BCUT2D eigenvalue weighted by atomic mass is 79.9. The number of rotatable bonds is 3. The molecule has 0 aliphatic rings. The van der Waals surface area contributed by atoms with Crippen molar-refractivity contribution < 1.29 is 4.74 Å². The van der Waals surface area contributed by atoms with Crippen LogP contribution in [0.15, 0.2) is 22.7 Å². The van der Waals surface area contributed by atoms with Crippen LogP contribution in [0.3, 0.4) is 0 Å². The smallest absolute Gasteiger partial charge is 0.174 e. The van der Waals surface area contributed by atoms with Crippen molar-refractivity contribution in [1.82, 2.24) is 20.2 Å². The van der Waals surface area contributed by atoms with Gasteiger partial charge in [0, 0.05) is 0 Å². The molecule has 0 aliphatic heterocycles. The minimum Gasteiger partial charge on any atom is -0.496 e. The maximum absolute atomic E-state index is 6.00. The summed E-state index contributed by atoms with van der Waals surface area (Å²) in [6, 6.07) is 5.57. The minimum atomic E-state index is -0.258. The average molecular weight is 318 g/mol. The number of benzene rings is 1. The predicted octanol–water partition coefficient (Wildman–Crippen LogP) is 2.73. The Morgan fingerprint density at radius 1 is 1.47 bits per heavy atom. The van der Waals surface area contributed by atoms with E-state index in [4.69, 9.17) is 16.3 Å². The number of hydrogen-bond donors (Lipinski definition) is 0. The minimum absolute atomic E-state index is 0.258. The summed E-state index contributed by atoms with van der Waals surface area (Å²) in [5, 5.41) is 11.2. The summed E-state index contributed by atoms with van der Waals surface area (Å²) in [6.07, 6.45) is 0. The molecule has 2 aromatic rings. The van der Waals surface area contributed by atoms with E-state index in [1.165, 1.54) is 0 Å². The zero-order valence-electron chi connectivity index (χ0n) is 9.26. The third-order valence-electron chi connectivity index (χ3n) is 2.23. The molecule has 90 valence electrons. The van der Waals surface area contributed by atoms with Gasteiger partial charge in [-0.05, 0) is 51.5 Å². The first-order valence-electron chi connectivity index (χ1n) is 4.89. The molecule has 0 bridgehead atoms. The van der Waals surface area contributed by atoms with Gasteiger partial charge in [-0.2, -0.15) is 4.68 Å². The van der Waals surface area contributed by atoms with Gasteiger partial charge in [0.1, 0.15) is 5.75 Å². The van der Waals surface area contributed by atoms with Crippen molar-refractivity contribution in [1.29, 1.82) is 0 Å². The molecule has 1 unspecified atom stereocenters. The summed E-state index contributed by atoms with van der Waals surface area (Å²) >= 11 is 9.41. The molecule has 0 fully saturated rings. The molecular formula is C10H10BrClN4O. The van der Waals surface area contributed by atoms with Crippen molar-refractivity contribution in [3.63, 3.8) is 0 Å². The van der Waals surface area contributed by atoms with Crippen LogP contribution in [-0.2, 0) is 0 Å². The van der Waals surface area contributed by atoms with Gasteiger partial charge in [-0.1, -0.05) is 0 Å². The van der Waals surface area contributed by atoms with E-state index in [2.05, 4.69) is 31.5 Å². The zero-order chi connectivity index (χ0) is 12.4. The van der Waals surface area contributed by atoms with Gasteiger partial charge in [-0.25, -0.2) is 0 Å². The van der Waals surface area contributed by atoms with E-state index in [-0.39, 0.29) is 5.38 Å². The van der Waals surface area contributed by atoms with E-state index in [0.717, 1.165) is 15.9 Å². The van der Waals surface area contributed by atoms with Crippen LogP contribution in [0.4, 0.5) is 0 Å². The molecule has 7 heteroatoms. The van der Waals surface area contributed by atoms with E-state index < -0.39 is 0 Å².